The molecule has 0 saturated carbocycles. The second kappa shape index (κ2) is 10.8. The van der Waals surface area contributed by atoms with E-state index < -0.39 is 0 Å². The number of nitrogens with zero attached hydrogens (tertiary/aromatic N) is 3. The van der Waals surface area contributed by atoms with Crippen LogP contribution in [0.3, 0.4) is 0 Å². The molecule has 0 amide bonds. The van der Waals surface area contributed by atoms with Crippen molar-refractivity contribution in [3.63, 3.8) is 0 Å². The predicted molar refractivity (Wildman–Crippen MR) is 120 cm³/mol. The SMILES string of the molecule is CN=C(NCc1ccnc(N2CCCCCC2)c1)NC(C)c1ccc(OC)c(F)c1. The fraction of sp³-hybridized carbons (Fsp3) is 0.478. The molecule has 1 unspecified atom stereocenters. The summed E-state index contributed by atoms with van der Waals surface area (Å²) in [5, 5.41) is 6.65. The molecule has 30 heavy (non-hydrogen) atoms. The molecule has 0 radical (unpaired) electrons. The van der Waals surface area contributed by atoms with E-state index in [0.717, 1.165) is 30.0 Å². The maximum atomic E-state index is 14.0. The molecular formula is C23H32FN5O. The van der Waals surface area contributed by atoms with E-state index in [1.807, 2.05) is 25.3 Å². The first-order chi connectivity index (χ1) is 14.6. The number of ether oxygens (including phenoxy) is 1. The van der Waals surface area contributed by atoms with Crippen LogP contribution >= 0.6 is 0 Å². The van der Waals surface area contributed by atoms with Crippen LogP contribution in [0.5, 0.6) is 5.75 Å². The number of aromatic nitrogens is 1. The topological polar surface area (TPSA) is 61.8 Å². The highest BCUT2D eigenvalue weighted by Gasteiger charge is 2.13. The molecule has 2 N–H and O–H groups in total. The summed E-state index contributed by atoms with van der Waals surface area (Å²) in [6.45, 7) is 4.75. The maximum absolute atomic E-state index is 14.0. The Morgan fingerprint density at radius 3 is 2.63 bits per heavy atom. The van der Waals surface area contributed by atoms with Gasteiger partial charge in [0, 0.05) is 32.9 Å². The van der Waals surface area contributed by atoms with Gasteiger partial charge in [-0.1, -0.05) is 18.9 Å². The lowest BCUT2D eigenvalue weighted by Gasteiger charge is -2.22. The molecule has 162 valence electrons. The number of guanidine groups is 1. The zero-order valence-electron chi connectivity index (χ0n) is 18.1. The minimum Gasteiger partial charge on any atom is -0.494 e. The van der Waals surface area contributed by atoms with Crippen molar-refractivity contribution >= 4 is 11.8 Å². The summed E-state index contributed by atoms with van der Waals surface area (Å²) in [6, 6.07) is 9.03. The van der Waals surface area contributed by atoms with Gasteiger partial charge in [-0.15, -0.1) is 0 Å². The first-order valence-electron chi connectivity index (χ1n) is 10.6. The van der Waals surface area contributed by atoms with Crippen LogP contribution in [0, 0.1) is 5.82 Å². The van der Waals surface area contributed by atoms with Gasteiger partial charge >= 0.3 is 0 Å². The van der Waals surface area contributed by atoms with Crippen LogP contribution in [0.1, 0.15) is 49.8 Å². The highest BCUT2D eigenvalue weighted by molar-refractivity contribution is 5.80. The van der Waals surface area contributed by atoms with Crippen LogP contribution in [-0.2, 0) is 6.54 Å². The molecule has 0 spiro atoms. The van der Waals surface area contributed by atoms with Gasteiger partial charge in [0.2, 0.25) is 0 Å². The lowest BCUT2D eigenvalue weighted by molar-refractivity contribution is 0.386. The van der Waals surface area contributed by atoms with Crippen molar-refractivity contribution in [1.29, 1.82) is 0 Å². The summed E-state index contributed by atoms with van der Waals surface area (Å²) in [5.41, 5.74) is 1.97. The third-order valence-corrected chi connectivity index (χ3v) is 5.45. The summed E-state index contributed by atoms with van der Waals surface area (Å²) in [4.78, 5) is 11.2. The Bertz CT molecular complexity index is 849. The van der Waals surface area contributed by atoms with Gasteiger partial charge in [0.25, 0.3) is 0 Å². The molecule has 1 aliphatic heterocycles. The van der Waals surface area contributed by atoms with Crippen molar-refractivity contribution in [3.8, 4) is 5.75 Å². The van der Waals surface area contributed by atoms with Gasteiger partial charge in [-0.3, -0.25) is 4.99 Å². The molecule has 6 nitrogen and oxygen atoms in total. The molecule has 7 heteroatoms. The smallest absolute Gasteiger partial charge is 0.191 e. The molecule has 1 saturated heterocycles. The average molecular weight is 414 g/mol. The van der Waals surface area contributed by atoms with Crippen LogP contribution in [-0.4, -0.2) is 38.2 Å². The lowest BCUT2D eigenvalue weighted by atomic mass is 10.1. The lowest BCUT2D eigenvalue weighted by Crippen LogP contribution is -2.38. The van der Waals surface area contributed by atoms with E-state index in [-0.39, 0.29) is 17.6 Å². The van der Waals surface area contributed by atoms with Crippen molar-refractivity contribution in [2.75, 3.05) is 32.1 Å². The number of pyridine rings is 1. The van der Waals surface area contributed by atoms with Gasteiger partial charge in [0.15, 0.2) is 17.5 Å². The molecule has 1 aromatic heterocycles. The number of nitrogens with one attached hydrogen (secondary N) is 2. The fourth-order valence-electron chi connectivity index (χ4n) is 3.66. The van der Waals surface area contributed by atoms with Crippen molar-refractivity contribution in [3.05, 3.63) is 53.5 Å². The van der Waals surface area contributed by atoms with Gasteiger partial charge in [-0.2, -0.15) is 0 Å². The van der Waals surface area contributed by atoms with E-state index in [4.69, 9.17) is 4.74 Å². The number of anilines is 1. The third-order valence-electron chi connectivity index (χ3n) is 5.45. The molecule has 2 aromatic rings. The minimum atomic E-state index is -0.371. The number of hydrogen-bond donors (Lipinski definition) is 2. The van der Waals surface area contributed by atoms with Crippen LogP contribution in [0.15, 0.2) is 41.5 Å². The van der Waals surface area contributed by atoms with Crippen molar-refractivity contribution in [1.82, 2.24) is 15.6 Å². The second-order valence-electron chi connectivity index (χ2n) is 7.61. The summed E-state index contributed by atoms with van der Waals surface area (Å²) >= 11 is 0. The molecule has 0 bridgehead atoms. The zero-order valence-corrected chi connectivity index (χ0v) is 18.1. The number of benzene rings is 1. The van der Waals surface area contributed by atoms with Crippen molar-refractivity contribution < 1.29 is 9.13 Å². The van der Waals surface area contributed by atoms with Crippen molar-refractivity contribution in [2.45, 2.75) is 45.2 Å². The molecule has 3 rings (SSSR count). The fourth-order valence-corrected chi connectivity index (χ4v) is 3.66. The highest BCUT2D eigenvalue weighted by atomic mass is 19.1. The van der Waals surface area contributed by atoms with E-state index in [2.05, 4.69) is 31.6 Å². The van der Waals surface area contributed by atoms with E-state index in [0.29, 0.717) is 12.5 Å². The Morgan fingerprint density at radius 1 is 1.20 bits per heavy atom. The van der Waals surface area contributed by atoms with E-state index in [1.165, 1.54) is 38.9 Å². The first kappa shape index (κ1) is 21.9. The molecular weight excluding hydrogens is 381 g/mol. The predicted octanol–water partition coefficient (Wildman–Crippen LogP) is 4.04. The Balaban J connectivity index is 1.58. The molecule has 1 atom stereocenters. The normalized spacial score (nSPS) is 16.0. The maximum Gasteiger partial charge on any atom is 0.191 e. The van der Waals surface area contributed by atoms with Crippen LogP contribution in [0.4, 0.5) is 10.2 Å². The van der Waals surface area contributed by atoms with Crippen LogP contribution < -0.4 is 20.3 Å². The van der Waals surface area contributed by atoms with E-state index >= 15 is 0 Å². The first-order valence-corrected chi connectivity index (χ1v) is 10.6. The minimum absolute atomic E-state index is 0.110. The van der Waals surface area contributed by atoms with Gasteiger partial charge in [0.05, 0.1) is 13.2 Å². The van der Waals surface area contributed by atoms with E-state index in [9.17, 15) is 4.39 Å². The molecule has 1 fully saturated rings. The summed E-state index contributed by atoms with van der Waals surface area (Å²) in [7, 11) is 3.19. The number of hydrogen-bond acceptors (Lipinski definition) is 4. The monoisotopic (exact) mass is 413 g/mol. The van der Waals surface area contributed by atoms with Gasteiger partial charge in [-0.05, 0) is 55.2 Å². The Morgan fingerprint density at radius 2 is 1.97 bits per heavy atom. The van der Waals surface area contributed by atoms with E-state index in [1.54, 1.807) is 13.1 Å². The molecule has 1 aliphatic rings. The number of methoxy groups -OCH3 is 1. The summed E-state index contributed by atoms with van der Waals surface area (Å²) < 4.78 is 19.0. The second-order valence-corrected chi connectivity index (χ2v) is 7.61. The Kier molecular flexibility index (Phi) is 7.88. The number of rotatable bonds is 6. The standard InChI is InChI=1S/C23H32FN5O/c1-17(19-8-9-21(30-3)20(24)15-19)28-23(25-2)27-16-18-10-11-26-22(14-18)29-12-6-4-5-7-13-29/h8-11,14-15,17H,4-7,12-13,16H2,1-3H3,(H2,25,27,28). The average Bonchev–Trinajstić information content (AvgIpc) is 3.06. The van der Waals surface area contributed by atoms with Gasteiger partial charge < -0.3 is 20.3 Å². The Hall–Kier alpha value is -2.83. The highest BCUT2D eigenvalue weighted by Crippen LogP contribution is 2.22. The quantitative estimate of drug-likeness (QED) is 0.553. The summed E-state index contributed by atoms with van der Waals surface area (Å²) in [5.74, 6) is 1.57. The third kappa shape index (κ3) is 5.84. The number of aliphatic imine (C=N–C) groups is 1. The molecule has 2 heterocycles. The molecule has 1 aromatic carbocycles. The Labute approximate surface area is 178 Å². The summed E-state index contributed by atoms with van der Waals surface area (Å²) in [6.07, 6.45) is 6.93. The van der Waals surface area contributed by atoms with Crippen LogP contribution in [0.25, 0.3) is 0 Å². The van der Waals surface area contributed by atoms with Crippen molar-refractivity contribution in [2.24, 2.45) is 4.99 Å². The zero-order chi connectivity index (χ0) is 21.3. The van der Waals surface area contributed by atoms with Crippen LogP contribution in [0.2, 0.25) is 0 Å². The molecule has 0 aliphatic carbocycles. The van der Waals surface area contributed by atoms with Gasteiger partial charge in [-0.25, -0.2) is 9.37 Å². The van der Waals surface area contributed by atoms with Gasteiger partial charge in [0.1, 0.15) is 5.82 Å². The largest absolute Gasteiger partial charge is 0.494 e. The number of halogens is 1.